The molecule has 0 amide bonds. The molecular formula is C21H24N4O. The van der Waals surface area contributed by atoms with Crippen LogP contribution in [-0.2, 0) is 13.0 Å². The zero-order valence-electron chi connectivity index (χ0n) is 15.5. The Kier molecular flexibility index (Phi) is 4.52. The van der Waals surface area contributed by atoms with E-state index in [0.29, 0.717) is 5.56 Å². The van der Waals surface area contributed by atoms with E-state index in [1.807, 2.05) is 19.9 Å². The van der Waals surface area contributed by atoms with Crippen molar-refractivity contribution in [3.05, 3.63) is 52.2 Å². The summed E-state index contributed by atoms with van der Waals surface area (Å²) in [4.78, 5) is 9.38. The van der Waals surface area contributed by atoms with Gasteiger partial charge in [0.15, 0.2) is 0 Å². The average molecular weight is 348 g/mol. The molecule has 0 saturated carbocycles. The van der Waals surface area contributed by atoms with Crippen LogP contribution < -0.4 is 9.64 Å². The Morgan fingerprint density at radius 1 is 1.15 bits per heavy atom. The van der Waals surface area contributed by atoms with Crippen LogP contribution in [0.3, 0.4) is 0 Å². The summed E-state index contributed by atoms with van der Waals surface area (Å²) in [5.74, 6) is 1.89. The summed E-state index contributed by atoms with van der Waals surface area (Å²) in [6.45, 7) is 9.52. The minimum absolute atomic E-state index is 0.711. The van der Waals surface area contributed by atoms with E-state index in [4.69, 9.17) is 4.74 Å². The zero-order valence-corrected chi connectivity index (χ0v) is 15.5. The molecule has 2 aliphatic heterocycles. The van der Waals surface area contributed by atoms with Crippen molar-refractivity contribution >= 4 is 5.82 Å². The van der Waals surface area contributed by atoms with Crippen molar-refractivity contribution < 1.29 is 4.74 Å². The van der Waals surface area contributed by atoms with Gasteiger partial charge in [-0.3, -0.25) is 4.90 Å². The lowest BCUT2D eigenvalue weighted by Crippen LogP contribution is -2.46. The molecule has 0 aliphatic carbocycles. The summed E-state index contributed by atoms with van der Waals surface area (Å²) in [7, 11) is 0. The molecule has 0 bridgehead atoms. The molecule has 1 aromatic carbocycles. The van der Waals surface area contributed by atoms with E-state index in [2.05, 4.69) is 39.1 Å². The first-order chi connectivity index (χ1) is 12.6. The van der Waals surface area contributed by atoms with E-state index in [9.17, 15) is 5.26 Å². The molecule has 0 radical (unpaired) electrons. The number of aromatic nitrogens is 1. The summed E-state index contributed by atoms with van der Waals surface area (Å²) in [6, 6.07) is 10.9. The zero-order chi connectivity index (χ0) is 18.1. The maximum atomic E-state index is 9.51. The van der Waals surface area contributed by atoms with Crippen LogP contribution >= 0.6 is 0 Å². The van der Waals surface area contributed by atoms with Gasteiger partial charge >= 0.3 is 0 Å². The Morgan fingerprint density at radius 2 is 1.96 bits per heavy atom. The Bertz CT molecular complexity index is 863. The van der Waals surface area contributed by atoms with Crippen LogP contribution in [0.4, 0.5) is 5.82 Å². The summed E-state index contributed by atoms with van der Waals surface area (Å²) in [5, 5.41) is 9.51. The molecule has 2 aliphatic rings. The molecule has 4 rings (SSSR count). The number of anilines is 1. The number of hydrogen-bond donors (Lipinski definition) is 0. The predicted molar refractivity (Wildman–Crippen MR) is 102 cm³/mol. The fraction of sp³-hybridized carbons (Fsp3) is 0.429. The number of aryl methyl sites for hydroxylation is 2. The average Bonchev–Trinajstić information content (AvgIpc) is 3.09. The molecule has 0 unspecified atom stereocenters. The van der Waals surface area contributed by atoms with E-state index in [0.717, 1.165) is 68.6 Å². The van der Waals surface area contributed by atoms with Gasteiger partial charge in [0.1, 0.15) is 17.6 Å². The summed E-state index contributed by atoms with van der Waals surface area (Å²) in [6.07, 6.45) is 1.02. The minimum atomic E-state index is 0.711. The maximum absolute atomic E-state index is 9.51. The van der Waals surface area contributed by atoms with Crippen molar-refractivity contribution in [1.29, 1.82) is 5.26 Å². The van der Waals surface area contributed by atoms with Crippen LogP contribution in [-0.4, -0.2) is 42.7 Å². The summed E-state index contributed by atoms with van der Waals surface area (Å²) in [5.41, 5.74) is 5.38. The van der Waals surface area contributed by atoms with Crippen LogP contribution in [0, 0.1) is 25.2 Å². The van der Waals surface area contributed by atoms with Gasteiger partial charge in [-0.05, 0) is 42.7 Å². The van der Waals surface area contributed by atoms with Crippen LogP contribution in [0.5, 0.6) is 5.75 Å². The van der Waals surface area contributed by atoms with E-state index in [1.165, 1.54) is 11.1 Å². The third-order valence-electron chi connectivity index (χ3n) is 5.27. The van der Waals surface area contributed by atoms with Gasteiger partial charge in [0.25, 0.3) is 0 Å². The highest BCUT2D eigenvalue weighted by atomic mass is 16.5. The maximum Gasteiger partial charge on any atom is 0.147 e. The number of rotatable bonds is 3. The van der Waals surface area contributed by atoms with Crippen molar-refractivity contribution in [1.82, 2.24) is 9.88 Å². The second-order valence-electron chi connectivity index (χ2n) is 7.19. The van der Waals surface area contributed by atoms with Crippen LogP contribution in [0.2, 0.25) is 0 Å². The SMILES string of the molecule is Cc1cc(C)c(C#N)c(N2CCN(Cc3ccc4c(c3)CCO4)CC2)n1. The molecule has 1 fully saturated rings. The standard InChI is InChI=1S/C21H24N4O/c1-15-11-16(2)23-21(19(15)13-22)25-8-6-24(7-9-25)14-17-3-4-20-18(12-17)5-10-26-20/h3-4,11-12H,5-10,14H2,1-2H3. The molecule has 1 saturated heterocycles. The molecule has 134 valence electrons. The first-order valence-electron chi connectivity index (χ1n) is 9.24. The summed E-state index contributed by atoms with van der Waals surface area (Å²) >= 11 is 0. The van der Waals surface area contributed by atoms with E-state index in [1.54, 1.807) is 0 Å². The van der Waals surface area contributed by atoms with E-state index >= 15 is 0 Å². The summed E-state index contributed by atoms with van der Waals surface area (Å²) < 4.78 is 5.59. The predicted octanol–water partition coefficient (Wildman–Crippen LogP) is 2.83. The number of hydrogen-bond acceptors (Lipinski definition) is 5. The number of nitrogens with zero attached hydrogens (tertiary/aromatic N) is 4. The number of nitriles is 1. The molecule has 1 aromatic heterocycles. The molecule has 26 heavy (non-hydrogen) atoms. The molecule has 0 N–H and O–H groups in total. The topological polar surface area (TPSA) is 52.4 Å². The number of ether oxygens (including phenoxy) is 1. The van der Waals surface area contributed by atoms with Gasteiger partial charge < -0.3 is 9.64 Å². The molecule has 5 heteroatoms. The molecular weight excluding hydrogens is 324 g/mol. The quantitative estimate of drug-likeness (QED) is 0.854. The van der Waals surface area contributed by atoms with Crippen molar-refractivity contribution in [2.45, 2.75) is 26.8 Å². The Balaban J connectivity index is 1.43. The monoisotopic (exact) mass is 348 g/mol. The Morgan fingerprint density at radius 3 is 2.73 bits per heavy atom. The molecule has 0 atom stereocenters. The van der Waals surface area contributed by atoms with Crippen molar-refractivity contribution in [3.8, 4) is 11.8 Å². The number of benzene rings is 1. The van der Waals surface area contributed by atoms with Gasteiger partial charge in [-0.2, -0.15) is 5.26 Å². The van der Waals surface area contributed by atoms with Gasteiger partial charge in [0.05, 0.1) is 12.2 Å². The van der Waals surface area contributed by atoms with Gasteiger partial charge in [0.2, 0.25) is 0 Å². The van der Waals surface area contributed by atoms with Crippen molar-refractivity contribution in [2.75, 3.05) is 37.7 Å². The van der Waals surface area contributed by atoms with Crippen LogP contribution in [0.25, 0.3) is 0 Å². The van der Waals surface area contributed by atoms with Crippen molar-refractivity contribution in [3.63, 3.8) is 0 Å². The molecule has 3 heterocycles. The first-order valence-corrected chi connectivity index (χ1v) is 9.24. The first kappa shape index (κ1) is 16.9. The second kappa shape index (κ2) is 6.97. The molecule has 2 aromatic rings. The van der Waals surface area contributed by atoms with Crippen LogP contribution in [0.15, 0.2) is 24.3 Å². The Labute approximate surface area is 154 Å². The number of piperazine rings is 1. The molecule has 5 nitrogen and oxygen atoms in total. The lowest BCUT2D eigenvalue weighted by molar-refractivity contribution is 0.249. The van der Waals surface area contributed by atoms with Gasteiger partial charge in [-0.1, -0.05) is 12.1 Å². The van der Waals surface area contributed by atoms with Gasteiger partial charge in [0, 0.05) is 44.8 Å². The lowest BCUT2D eigenvalue weighted by atomic mass is 10.1. The third kappa shape index (κ3) is 3.25. The fourth-order valence-corrected chi connectivity index (χ4v) is 3.90. The normalized spacial score (nSPS) is 16.9. The second-order valence-corrected chi connectivity index (χ2v) is 7.19. The highest BCUT2D eigenvalue weighted by Crippen LogP contribution is 2.27. The van der Waals surface area contributed by atoms with E-state index < -0.39 is 0 Å². The van der Waals surface area contributed by atoms with Crippen LogP contribution in [0.1, 0.15) is 27.9 Å². The highest BCUT2D eigenvalue weighted by molar-refractivity contribution is 5.58. The van der Waals surface area contributed by atoms with Gasteiger partial charge in [-0.25, -0.2) is 4.98 Å². The number of pyridine rings is 1. The van der Waals surface area contributed by atoms with E-state index in [-0.39, 0.29) is 0 Å². The Hall–Kier alpha value is -2.58. The van der Waals surface area contributed by atoms with Crippen molar-refractivity contribution in [2.24, 2.45) is 0 Å². The number of fused-ring (bicyclic) bond motifs is 1. The fourth-order valence-electron chi connectivity index (χ4n) is 3.90. The lowest BCUT2D eigenvalue weighted by Gasteiger charge is -2.36. The molecule has 0 spiro atoms. The largest absolute Gasteiger partial charge is 0.493 e. The smallest absolute Gasteiger partial charge is 0.147 e. The highest BCUT2D eigenvalue weighted by Gasteiger charge is 2.22. The third-order valence-corrected chi connectivity index (χ3v) is 5.27. The van der Waals surface area contributed by atoms with Gasteiger partial charge in [-0.15, -0.1) is 0 Å². The minimum Gasteiger partial charge on any atom is -0.493 e.